The molecular formula is C22H31N5O2. The van der Waals surface area contributed by atoms with E-state index in [-0.39, 0.29) is 5.91 Å². The van der Waals surface area contributed by atoms with Crippen molar-refractivity contribution >= 4 is 5.91 Å². The van der Waals surface area contributed by atoms with Crippen molar-refractivity contribution in [1.29, 1.82) is 0 Å². The second kappa shape index (κ2) is 8.55. The third kappa shape index (κ3) is 4.31. The summed E-state index contributed by atoms with van der Waals surface area (Å²) in [5, 5.41) is 8.33. The molecule has 156 valence electrons. The molecule has 0 aromatic carbocycles. The third-order valence-electron chi connectivity index (χ3n) is 6.00. The van der Waals surface area contributed by atoms with Gasteiger partial charge < -0.3 is 19.5 Å². The third-order valence-corrected chi connectivity index (χ3v) is 6.00. The second-order valence-corrected chi connectivity index (χ2v) is 8.17. The highest BCUT2D eigenvalue weighted by Gasteiger charge is 2.31. The van der Waals surface area contributed by atoms with E-state index in [0.29, 0.717) is 24.8 Å². The van der Waals surface area contributed by atoms with Crippen molar-refractivity contribution in [3.8, 4) is 0 Å². The van der Waals surface area contributed by atoms with Crippen LogP contribution in [0.1, 0.15) is 39.7 Å². The van der Waals surface area contributed by atoms with Crippen LogP contribution in [0.3, 0.4) is 0 Å². The number of nitrogens with zero attached hydrogens (tertiary/aromatic N) is 4. The standard InChI is InChI=1S/C22H31N5O2/c1-4-9-27-20-8-6-17(23-15-18-7-5-16(2)29-18)14-19(20)21(24-27)22(28)26-12-10-25(3)11-13-26/h4-5,7,17,23H,1,6,8-15H2,2-3H3. The Morgan fingerprint density at radius 1 is 1.34 bits per heavy atom. The predicted octanol–water partition coefficient (Wildman–Crippen LogP) is 2.01. The summed E-state index contributed by atoms with van der Waals surface area (Å²) in [5.74, 6) is 1.95. The molecule has 0 spiro atoms. The van der Waals surface area contributed by atoms with E-state index in [2.05, 4.69) is 23.8 Å². The van der Waals surface area contributed by atoms with Crippen LogP contribution in [0.4, 0.5) is 0 Å². The zero-order chi connectivity index (χ0) is 20.4. The fraction of sp³-hybridized carbons (Fsp3) is 0.545. The molecule has 2 aliphatic rings. The average Bonchev–Trinajstić information content (AvgIpc) is 3.30. The van der Waals surface area contributed by atoms with Crippen molar-refractivity contribution in [3.05, 3.63) is 53.3 Å². The Bertz CT molecular complexity index is 876. The number of aromatic nitrogens is 2. The molecule has 2 aromatic heterocycles. The van der Waals surface area contributed by atoms with E-state index in [0.717, 1.165) is 62.5 Å². The van der Waals surface area contributed by atoms with Gasteiger partial charge in [0.1, 0.15) is 11.5 Å². The number of amides is 1. The molecule has 2 aromatic rings. The smallest absolute Gasteiger partial charge is 0.274 e. The largest absolute Gasteiger partial charge is 0.465 e. The van der Waals surface area contributed by atoms with Gasteiger partial charge in [-0.3, -0.25) is 9.48 Å². The molecule has 3 heterocycles. The Balaban J connectivity index is 1.51. The van der Waals surface area contributed by atoms with E-state index < -0.39 is 0 Å². The molecule has 1 N–H and O–H groups in total. The first-order valence-electron chi connectivity index (χ1n) is 10.5. The summed E-state index contributed by atoms with van der Waals surface area (Å²) in [6.07, 6.45) is 4.61. The van der Waals surface area contributed by atoms with E-state index >= 15 is 0 Å². The topological polar surface area (TPSA) is 66.5 Å². The monoisotopic (exact) mass is 397 g/mol. The fourth-order valence-corrected chi connectivity index (χ4v) is 4.29. The number of allylic oxidation sites excluding steroid dienone is 1. The number of likely N-dealkylation sites (N-methyl/N-ethyl adjacent to an activating group) is 1. The summed E-state index contributed by atoms with van der Waals surface area (Å²) in [6, 6.07) is 4.32. The number of carbonyl (C=O) groups excluding carboxylic acids is 1. The number of nitrogens with one attached hydrogen (secondary N) is 1. The lowest BCUT2D eigenvalue weighted by atomic mass is 9.91. The van der Waals surface area contributed by atoms with Gasteiger partial charge in [-0.25, -0.2) is 0 Å². The summed E-state index contributed by atoms with van der Waals surface area (Å²) in [5.41, 5.74) is 2.93. The highest BCUT2D eigenvalue weighted by Crippen LogP contribution is 2.26. The van der Waals surface area contributed by atoms with E-state index in [1.807, 2.05) is 34.7 Å². The van der Waals surface area contributed by atoms with Gasteiger partial charge in [-0.15, -0.1) is 6.58 Å². The Kier molecular flexibility index (Phi) is 5.87. The van der Waals surface area contributed by atoms with Crippen LogP contribution in [0.5, 0.6) is 0 Å². The summed E-state index contributed by atoms with van der Waals surface area (Å²) in [6.45, 7) is 10.5. The zero-order valence-electron chi connectivity index (χ0n) is 17.5. The van der Waals surface area contributed by atoms with Crippen LogP contribution in [0.15, 0.2) is 29.2 Å². The number of furan rings is 1. The number of fused-ring (bicyclic) bond motifs is 1. The molecule has 1 amide bonds. The van der Waals surface area contributed by atoms with Crippen molar-refractivity contribution in [2.45, 2.75) is 45.3 Å². The van der Waals surface area contributed by atoms with E-state index in [9.17, 15) is 4.79 Å². The van der Waals surface area contributed by atoms with Gasteiger partial charge in [0.05, 0.1) is 13.1 Å². The molecule has 1 aliphatic heterocycles. The lowest BCUT2D eigenvalue weighted by Gasteiger charge is -2.32. The average molecular weight is 398 g/mol. The minimum Gasteiger partial charge on any atom is -0.465 e. The van der Waals surface area contributed by atoms with Crippen molar-refractivity contribution in [2.75, 3.05) is 33.2 Å². The lowest BCUT2D eigenvalue weighted by molar-refractivity contribution is 0.0656. The SMILES string of the molecule is C=CCn1nc(C(=O)N2CCN(C)CC2)c2c1CCC(NCc1ccc(C)o1)C2. The van der Waals surface area contributed by atoms with Crippen molar-refractivity contribution in [3.63, 3.8) is 0 Å². The summed E-state index contributed by atoms with van der Waals surface area (Å²) in [7, 11) is 2.10. The number of hydrogen-bond donors (Lipinski definition) is 1. The van der Waals surface area contributed by atoms with Crippen molar-refractivity contribution in [1.82, 2.24) is 24.9 Å². The fourth-order valence-electron chi connectivity index (χ4n) is 4.29. The van der Waals surface area contributed by atoms with Crippen LogP contribution in [-0.2, 0) is 25.9 Å². The number of carbonyl (C=O) groups is 1. The lowest BCUT2D eigenvalue weighted by Crippen LogP contribution is -2.47. The molecule has 1 aliphatic carbocycles. The maximum atomic E-state index is 13.3. The van der Waals surface area contributed by atoms with Gasteiger partial charge in [-0.05, 0) is 45.4 Å². The van der Waals surface area contributed by atoms with Crippen LogP contribution in [-0.4, -0.2) is 64.8 Å². The van der Waals surface area contributed by atoms with Gasteiger partial charge in [0.15, 0.2) is 5.69 Å². The Morgan fingerprint density at radius 3 is 2.83 bits per heavy atom. The van der Waals surface area contributed by atoms with Crippen molar-refractivity contribution < 1.29 is 9.21 Å². The molecule has 1 unspecified atom stereocenters. The van der Waals surface area contributed by atoms with Crippen LogP contribution in [0, 0.1) is 6.92 Å². The number of piperazine rings is 1. The molecule has 0 radical (unpaired) electrons. The number of rotatable bonds is 6. The molecule has 4 rings (SSSR count). The van der Waals surface area contributed by atoms with E-state index in [1.54, 1.807) is 0 Å². The molecule has 0 bridgehead atoms. The molecule has 29 heavy (non-hydrogen) atoms. The first-order valence-corrected chi connectivity index (χ1v) is 10.5. The maximum absolute atomic E-state index is 13.3. The molecule has 1 fully saturated rings. The van der Waals surface area contributed by atoms with Gasteiger partial charge >= 0.3 is 0 Å². The normalized spacial score (nSPS) is 19.9. The molecular weight excluding hydrogens is 366 g/mol. The van der Waals surface area contributed by atoms with Gasteiger partial charge in [0, 0.05) is 43.5 Å². The molecule has 1 saturated heterocycles. The number of aryl methyl sites for hydroxylation is 1. The molecule has 7 heteroatoms. The van der Waals surface area contributed by atoms with Crippen LogP contribution >= 0.6 is 0 Å². The minimum absolute atomic E-state index is 0.0690. The van der Waals surface area contributed by atoms with Crippen molar-refractivity contribution in [2.24, 2.45) is 0 Å². The van der Waals surface area contributed by atoms with Gasteiger partial charge in [0.25, 0.3) is 5.91 Å². The first-order chi connectivity index (χ1) is 14.0. The Hall–Kier alpha value is -2.38. The van der Waals surface area contributed by atoms with Crippen LogP contribution in [0.25, 0.3) is 0 Å². The zero-order valence-corrected chi connectivity index (χ0v) is 17.5. The van der Waals surface area contributed by atoms with E-state index in [4.69, 9.17) is 9.52 Å². The minimum atomic E-state index is 0.0690. The molecule has 0 saturated carbocycles. The summed E-state index contributed by atoms with van der Waals surface area (Å²) < 4.78 is 7.65. The summed E-state index contributed by atoms with van der Waals surface area (Å²) in [4.78, 5) is 17.5. The van der Waals surface area contributed by atoms with Crippen LogP contribution in [0.2, 0.25) is 0 Å². The molecule has 7 nitrogen and oxygen atoms in total. The Labute approximate surface area is 172 Å². The number of hydrogen-bond acceptors (Lipinski definition) is 5. The summed E-state index contributed by atoms with van der Waals surface area (Å²) >= 11 is 0. The highest BCUT2D eigenvalue weighted by molar-refractivity contribution is 5.94. The quantitative estimate of drug-likeness (QED) is 0.756. The van der Waals surface area contributed by atoms with E-state index in [1.165, 1.54) is 5.69 Å². The van der Waals surface area contributed by atoms with Gasteiger partial charge in [0.2, 0.25) is 0 Å². The predicted molar refractivity (Wildman–Crippen MR) is 112 cm³/mol. The van der Waals surface area contributed by atoms with Crippen LogP contribution < -0.4 is 5.32 Å². The van der Waals surface area contributed by atoms with Gasteiger partial charge in [-0.2, -0.15) is 5.10 Å². The molecule has 1 atom stereocenters. The Morgan fingerprint density at radius 2 is 2.14 bits per heavy atom. The first kappa shape index (κ1) is 19.9. The van der Waals surface area contributed by atoms with Gasteiger partial charge in [-0.1, -0.05) is 6.08 Å². The maximum Gasteiger partial charge on any atom is 0.274 e. The second-order valence-electron chi connectivity index (χ2n) is 8.17. The highest BCUT2D eigenvalue weighted by atomic mass is 16.3.